The first-order valence-electron chi connectivity index (χ1n) is 11.3. The van der Waals surface area contributed by atoms with Gasteiger partial charge in [0.05, 0.1) is 7.11 Å². The van der Waals surface area contributed by atoms with E-state index in [4.69, 9.17) is 9.47 Å². The molecule has 3 rings (SSSR count). The Balaban J connectivity index is 1.80. The number of rotatable bonds is 8. The minimum Gasteiger partial charge on any atom is -0.467 e. The number of nitrogens with one attached hydrogen (secondary N) is 1. The zero-order valence-electron chi connectivity index (χ0n) is 18.4. The van der Waals surface area contributed by atoms with Crippen molar-refractivity contribution in [2.75, 3.05) is 7.11 Å². The van der Waals surface area contributed by atoms with Gasteiger partial charge in [-0.3, -0.25) is 4.79 Å². The molecule has 1 saturated carbocycles. The number of amides is 1. The number of ketones is 1. The average Bonchev–Trinajstić information content (AvgIpc) is 2.81. The number of methoxy groups -OCH3 is 1. The normalized spacial score (nSPS) is 19.1. The van der Waals surface area contributed by atoms with Crippen LogP contribution in [-0.4, -0.2) is 30.5 Å². The molecule has 2 aliphatic rings. The van der Waals surface area contributed by atoms with Crippen molar-refractivity contribution in [3.63, 3.8) is 0 Å². The van der Waals surface area contributed by atoms with Gasteiger partial charge in [0.1, 0.15) is 6.61 Å². The minimum absolute atomic E-state index is 0.0216. The third kappa shape index (κ3) is 6.18. The summed E-state index contributed by atoms with van der Waals surface area (Å²) in [4.78, 5) is 38.0. The summed E-state index contributed by atoms with van der Waals surface area (Å²) in [6.07, 6.45) is 9.65. The van der Waals surface area contributed by atoms with E-state index in [0.717, 1.165) is 24.8 Å². The minimum atomic E-state index is -1.37. The first kappa shape index (κ1) is 23.0. The van der Waals surface area contributed by atoms with E-state index >= 15 is 0 Å². The molecule has 0 aromatic heterocycles. The van der Waals surface area contributed by atoms with Crippen LogP contribution < -0.4 is 5.32 Å². The number of hydrogen-bond donors (Lipinski definition) is 1. The Labute approximate surface area is 184 Å². The Bertz CT molecular complexity index is 797. The molecule has 1 aromatic rings. The van der Waals surface area contributed by atoms with Gasteiger partial charge in [0, 0.05) is 6.42 Å². The number of esters is 1. The predicted octanol–water partition coefficient (Wildman–Crippen LogP) is 4.86. The van der Waals surface area contributed by atoms with Crippen LogP contribution in [0.15, 0.2) is 42.0 Å². The van der Waals surface area contributed by atoms with Gasteiger partial charge in [0.25, 0.3) is 0 Å². The maximum atomic E-state index is 13.1. The summed E-state index contributed by atoms with van der Waals surface area (Å²) in [5.74, 6) is -0.0487. The molecule has 31 heavy (non-hydrogen) atoms. The Kier molecular flexibility index (Phi) is 8.27. The number of benzene rings is 1. The highest BCUT2D eigenvalue weighted by Gasteiger charge is 2.46. The molecule has 0 bridgehead atoms. The van der Waals surface area contributed by atoms with Gasteiger partial charge in [-0.2, -0.15) is 0 Å². The van der Waals surface area contributed by atoms with E-state index in [1.165, 1.54) is 32.4 Å². The van der Waals surface area contributed by atoms with Crippen LogP contribution >= 0.6 is 0 Å². The molecule has 2 aliphatic carbocycles. The lowest BCUT2D eigenvalue weighted by Crippen LogP contribution is -2.57. The molecular weight excluding hydrogens is 394 g/mol. The quantitative estimate of drug-likeness (QED) is 0.599. The van der Waals surface area contributed by atoms with Gasteiger partial charge in [0.15, 0.2) is 11.3 Å². The molecule has 1 fully saturated rings. The zero-order valence-corrected chi connectivity index (χ0v) is 18.4. The number of carbonyl (C=O) groups is 3. The molecular formula is C25H33NO5. The summed E-state index contributed by atoms with van der Waals surface area (Å²) in [6, 6.07) is 9.37. The fourth-order valence-corrected chi connectivity index (χ4v) is 4.72. The van der Waals surface area contributed by atoms with E-state index in [1.54, 1.807) is 0 Å². The van der Waals surface area contributed by atoms with Crippen molar-refractivity contribution < 1.29 is 23.9 Å². The molecule has 1 N–H and O–H groups in total. The Morgan fingerprint density at radius 3 is 2.48 bits per heavy atom. The maximum absolute atomic E-state index is 13.1. The van der Waals surface area contributed by atoms with Crippen LogP contribution in [0.4, 0.5) is 4.79 Å². The number of hydrogen-bond acceptors (Lipinski definition) is 5. The van der Waals surface area contributed by atoms with Crippen molar-refractivity contribution in [2.24, 2.45) is 5.92 Å². The highest BCUT2D eigenvalue weighted by atomic mass is 16.6. The molecule has 0 aliphatic heterocycles. The predicted molar refractivity (Wildman–Crippen MR) is 117 cm³/mol. The lowest BCUT2D eigenvalue weighted by molar-refractivity contribution is -0.147. The number of carbonyl (C=O) groups excluding carboxylic acids is 3. The number of alkyl carbamates (subject to hydrolysis) is 1. The third-order valence-electron chi connectivity index (χ3n) is 6.47. The first-order chi connectivity index (χ1) is 15.0. The van der Waals surface area contributed by atoms with Crippen LogP contribution in [-0.2, 0) is 25.7 Å². The van der Waals surface area contributed by atoms with Gasteiger partial charge in [0.2, 0.25) is 0 Å². The summed E-state index contributed by atoms with van der Waals surface area (Å²) in [5, 5.41) is 2.83. The van der Waals surface area contributed by atoms with Crippen molar-refractivity contribution in [3.8, 4) is 0 Å². The SMILES string of the molecule is COC(=O)C(CCC1CCCCC1)(NC(=O)OCc1ccccc1)C1=CC(=O)CCC1. The van der Waals surface area contributed by atoms with E-state index in [0.29, 0.717) is 37.2 Å². The van der Waals surface area contributed by atoms with Crippen LogP contribution in [0.3, 0.4) is 0 Å². The highest BCUT2D eigenvalue weighted by Crippen LogP contribution is 2.36. The van der Waals surface area contributed by atoms with E-state index < -0.39 is 17.6 Å². The Hall–Kier alpha value is -2.63. The van der Waals surface area contributed by atoms with Gasteiger partial charge in [-0.1, -0.05) is 62.4 Å². The Morgan fingerprint density at radius 1 is 1.06 bits per heavy atom. The molecule has 0 radical (unpaired) electrons. The average molecular weight is 428 g/mol. The van der Waals surface area contributed by atoms with Crippen LogP contribution in [0.2, 0.25) is 0 Å². The number of ether oxygens (including phenoxy) is 2. The van der Waals surface area contributed by atoms with Crippen LogP contribution in [0, 0.1) is 5.92 Å². The van der Waals surface area contributed by atoms with Gasteiger partial charge in [-0.25, -0.2) is 9.59 Å². The summed E-state index contributed by atoms with van der Waals surface area (Å²) >= 11 is 0. The molecule has 6 nitrogen and oxygen atoms in total. The summed E-state index contributed by atoms with van der Waals surface area (Å²) in [5.41, 5.74) is 0.120. The van der Waals surface area contributed by atoms with E-state index in [-0.39, 0.29) is 12.4 Å². The van der Waals surface area contributed by atoms with Crippen molar-refractivity contribution in [2.45, 2.75) is 76.4 Å². The van der Waals surface area contributed by atoms with Crippen molar-refractivity contribution in [1.29, 1.82) is 0 Å². The van der Waals surface area contributed by atoms with Crippen molar-refractivity contribution >= 4 is 17.8 Å². The fraction of sp³-hybridized carbons (Fsp3) is 0.560. The largest absolute Gasteiger partial charge is 0.467 e. The van der Waals surface area contributed by atoms with Gasteiger partial charge in [-0.05, 0) is 48.8 Å². The molecule has 6 heteroatoms. The standard InChI is InChI=1S/C25H33NO5/c1-30-23(28)25(21-13-8-14-22(27)17-21,16-15-19-9-4-2-5-10-19)26-24(29)31-18-20-11-6-3-7-12-20/h3,6-7,11-12,17,19H,2,4-5,8-10,13-16,18H2,1H3,(H,26,29). The molecule has 0 spiro atoms. The molecule has 0 saturated heterocycles. The lowest BCUT2D eigenvalue weighted by Gasteiger charge is -2.36. The lowest BCUT2D eigenvalue weighted by atomic mass is 9.76. The van der Waals surface area contributed by atoms with Gasteiger partial charge in [-0.15, -0.1) is 0 Å². The Morgan fingerprint density at radius 2 is 1.81 bits per heavy atom. The van der Waals surface area contributed by atoms with E-state index in [9.17, 15) is 14.4 Å². The summed E-state index contributed by atoms with van der Waals surface area (Å²) in [6.45, 7) is 0.102. The van der Waals surface area contributed by atoms with Crippen molar-refractivity contribution in [1.82, 2.24) is 5.32 Å². The van der Waals surface area contributed by atoms with Crippen LogP contribution in [0.5, 0.6) is 0 Å². The van der Waals surface area contributed by atoms with E-state index in [2.05, 4.69) is 5.32 Å². The molecule has 1 amide bonds. The van der Waals surface area contributed by atoms with Crippen LogP contribution in [0.1, 0.15) is 69.8 Å². The third-order valence-corrected chi connectivity index (χ3v) is 6.47. The molecule has 1 aromatic carbocycles. The first-order valence-corrected chi connectivity index (χ1v) is 11.3. The molecule has 0 heterocycles. The number of allylic oxidation sites excluding steroid dienone is 1. The van der Waals surface area contributed by atoms with Gasteiger partial charge < -0.3 is 14.8 Å². The molecule has 1 unspecified atom stereocenters. The van der Waals surface area contributed by atoms with Gasteiger partial charge >= 0.3 is 12.1 Å². The van der Waals surface area contributed by atoms with E-state index in [1.807, 2.05) is 30.3 Å². The second-order valence-electron chi connectivity index (χ2n) is 8.62. The summed E-state index contributed by atoms with van der Waals surface area (Å²) < 4.78 is 10.6. The zero-order chi connectivity index (χ0) is 22.1. The molecule has 1 atom stereocenters. The monoisotopic (exact) mass is 427 g/mol. The second-order valence-corrected chi connectivity index (χ2v) is 8.62. The molecule has 168 valence electrons. The summed E-state index contributed by atoms with van der Waals surface area (Å²) in [7, 11) is 1.32. The fourth-order valence-electron chi connectivity index (χ4n) is 4.72. The second kappa shape index (κ2) is 11.1. The smallest absolute Gasteiger partial charge is 0.408 e. The van der Waals surface area contributed by atoms with Crippen molar-refractivity contribution in [3.05, 3.63) is 47.5 Å². The maximum Gasteiger partial charge on any atom is 0.408 e. The topological polar surface area (TPSA) is 81.7 Å². The van der Waals surface area contributed by atoms with Crippen LogP contribution in [0.25, 0.3) is 0 Å². The highest BCUT2D eigenvalue weighted by molar-refractivity contribution is 5.96.